The molecule has 0 saturated heterocycles. The lowest BCUT2D eigenvalue weighted by Gasteiger charge is -2.32. The Labute approximate surface area is 223 Å². The van der Waals surface area contributed by atoms with Crippen molar-refractivity contribution in [1.29, 1.82) is 0 Å². The van der Waals surface area contributed by atoms with Gasteiger partial charge < -0.3 is 19.4 Å². The highest BCUT2D eigenvalue weighted by atomic mass is 32.1. The Bertz CT molecular complexity index is 1500. The summed E-state index contributed by atoms with van der Waals surface area (Å²) in [6.07, 6.45) is 1.55. The van der Waals surface area contributed by atoms with Crippen LogP contribution in [0.4, 0.5) is 0 Å². The molecule has 2 aromatic carbocycles. The molecule has 5 aromatic rings. The Balaban J connectivity index is 1.53. The molecule has 0 aliphatic heterocycles. The van der Waals surface area contributed by atoms with Crippen molar-refractivity contribution in [3.05, 3.63) is 101 Å². The van der Waals surface area contributed by atoms with Crippen LogP contribution in [0.25, 0.3) is 11.0 Å². The van der Waals surface area contributed by atoms with Gasteiger partial charge in [0.05, 0.1) is 31.5 Å². The number of hydrogen-bond acceptors (Lipinski definition) is 7. The van der Waals surface area contributed by atoms with Gasteiger partial charge in [0, 0.05) is 10.4 Å². The summed E-state index contributed by atoms with van der Waals surface area (Å²) in [5.41, 5.74) is 2.03. The Morgan fingerprint density at radius 3 is 2.71 bits per heavy atom. The Morgan fingerprint density at radius 1 is 1.08 bits per heavy atom. The van der Waals surface area contributed by atoms with Crippen LogP contribution in [-0.4, -0.2) is 38.3 Å². The standard InChI is InChI=1S/C28H27N5O4S/c1-2-36-25-14-6-3-11-22(25)27(28(35)29-17-20-9-7-15-37-20)32(18-21-10-8-16-38-21)26(34)19-33-24-13-5-4-12-23(24)30-31-33/h3-16,27H,2,17-19H2,1H3,(H,29,35)/t27-/m0/s1. The number of carbonyl (C=O) groups excluding carboxylic acids is 2. The van der Waals surface area contributed by atoms with Crippen molar-refractivity contribution in [1.82, 2.24) is 25.2 Å². The fraction of sp³-hybridized carbons (Fsp3) is 0.214. The molecule has 3 heterocycles. The second kappa shape index (κ2) is 11.7. The molecule has 194 valence electrons. The van der Waals surface area contributed by atoms with Crippen molar-refractivity contribution in [2.24, 2.45) is 0 Å². The highest BCUT2D eigenvalue weighted by molar-refractivity contribution is 7.09. The number of amides is 2. The highest BCUT2D eigenvalue weighted by Crippen LogP contribution is 2.32. The topological polar surface area (TPSA) is 102 Å². The van der Waals surface area contributed by atoms with Crippen molar-refractivity contribution in [2.75, 3.05) is 6.61 Å². The molecular weight excluding hydrogens is 502 g/mol. The number of aromatic nitrogens is 3. The van der Waals surface area contributed by atoms with E-state index in [9.17, 15) is 9.59 Å². The van der Waals surface area contributed by atoms with Gasteiger partial charge in [0.25, 0.3) is 0 Å². The zero-order chi connectivity index (χ0) is 26.3. The lowest BCUT2D eigenvalue weighted by atomic mass is 10.0. The summed E-state index contributed by atoms with van der Waals surface area (Å²) in [4.78, 5) is 30.4. The van der Waals surface area contributed by atoms with Crippen LogP contribution in [0, 0.1) is 0 Å². The Morgan fingerprint density at radius 2 is 1.92 bits per heavy atom. The molecule has 38 heavy (non-hydrogen) atoms. The molecule has 0 aliphatic carbocycles. The zero-order valence-electron chi connectivity index (χ0n) is 20.8. The molecule has 0 bridgehead atoms. The fourth-order valence-electron chi connectivity index (χ4n) is 4.28. The molecule has 0 aliphatic rings. The van der Waals surface area contributed by atoms with Crippen LogP contribution in [0.2, 0.25) is 0 Å². The molecular formula is C28H27N5O4S. The molecule has 0 spiro atoms. The van der Waals surface area contributed by atoms with E-state index in [0.717, 1.165) is 10.4 Å². The van der Waals surface area contributed by atoms with Crippen molar-refractivity contribution < 1.29 is 18.7 Å². The first-order chi connectivity index (χ1) is 18.6. The molecule has 2 amide bonds. The first-order valence-electron chi connectivity index (χ1n) is 12.3. The Kier molecular flexibility index (Phi) is 7.79. The average molecular weight is 530 g/mol. The number of thiophene rings is 1. The average Bonchev–Trinajstić information content (AvgIpc) is 3.71. The smallest absolute Gasteiger partial charge is 0.247 e. The molecule has 1 atom stereocenters. The van der Waals surface area contributed by atoms with Gasteiger partial charge in [-0.05, 0) is 48.7 Å². The molecule has 0 fully saturated rings. The number of nitrogens with one attached hydrogen (secondary N) is 1. The fourth-order valence-corrected chi connectivity index (χ4v) is 4.98. The van der Waals surface area contributed by atoms with E-state index < -0.39 is 6.04 Å². The molecule has 9 nitrogen and oxygen atoms in total. The summed E-state index contributed by atoms with van der Waals surface area (Å²) in [6, 6.07) is 21.2. The van der Waals surface area contributed by atoms with Gasteiger partial charge in [-0.1, -0.05) is 41.6 Å². The number of fused-ring (bicyclic) bond motifs is 1. The number of furan rings is 1. The second-order valence-corrected chi connectivity index (χ2v) is 9.54. The minimum absolute atomic E-state index is 0.0787. The van der Waals surface area contributed by atoms with E-state index in [-0.39, 0.29) is 31.4 Å². The molecule has 5 rings (SSSR count). The van der Waals surface area contributed by atoms with Crippen molar-refractivity contribution in [3.8, 4) is 5.75 Å². The first kappa shape index (κ1) is 25.2. The predicted octanol–water partition coefficient (Wildman–Crippen LogP) is 4.57. The van der Waals surface area contributed by atoms with E-state index in [0.29, 0.717) is 29.2 Å². The molecule has 0 saturated carbocycles. The molecule has 3 aromatic heterocycles. The zero-order valence-corrected chi connectivity index (χ0v) is 21.6. The number of nitrogens with zero attached hydrogens (tertiary/aromatic N) is 4. The van der Waals surface area contributed by atoms with Gasteiger partial charge in [0.1, 0.15) is 29.6 Å². The van der Waals surface area contributed by atoms with Crippen LogP contribution in [0.5, 0.6) is 5.75 Å². The number of ether oxygens (including phenoxy) is 1. The first-order valence-corrected chi connectivity index (χ1v) is 13.1. The lowest BCUT2D eigenvalue weighted by molar-refractivity contribution is -0.142. The van der Waals surface area contributed by atoms with Crippen LogP contribution in [-0.2, 0) is 29.2 Å². The van der Waals surface area contributed by atoms with Crippen LogP contribution < -0.4 is 10.1 Å². The molecule has 0 radical (unpaired) electrons. The van der Waals surface area contributed by atoms with Crippen molar-refractivity contribution >= 4 is 34.2 Å². The maximum absolute atomic E-state index is 14.0. The van der Waals surface area contributed by atoms with E-state index in [4.69, 9.17) is 9.15 Å². The molecule has 0 unspecified atom stereocenters. The quantitative estimate of drug-likeness (QED) is 0.269. The van der Waals surface area contributed by atoms with Gasteiger partial charge >= 0.3 is 0 Å². The van der Waals surface area contributed by atoms with Crippen molar-refractivity contribution in [2.45, 2.75) is 32.6 Å². The van der Waals surface area contributed by atoms with Crippen LogP contribution in [0.1, 0.15) is 29.2 Å². The van der Waals surface area contributed by atoms with Gasteiger partial charge in [0.15, 0.2) is 0 Å². The summed E-state index contributed by atoms with van der Waals surface area (Å²) in [7, 11) is 0. The summed E-state index contributed by atoms with van der Waals surface area (Å²) in [6.45, 7) is 2.65. The van der Waals surface area contributed by atoms with Gasteiger partial charge in [-0.15, -0.1) is 16.4 Å². The third kappa shape index (κ3) is 5.60. The predicted molar refractivity (Wildman–Crippen MR) is 143 cm³/mol. The van der Waals surface area contributed by atoms with E-state index in [1.54, 1.807) is 28.0 Å². The highest BCUT2D eigenvalue weighted by Gasteiger charge is 2.34. The van der Waals surface area contributed by atoms with Gasteiger partial charge in [-0.25, -0.2) is 4.68 Å². The van der Waals surface area contributed by atoms with Crippen LogP contribution >= 0.6 is 11.3 Å². The summed E-state index contributed by atoms with van der Waals surface area (Å²) >= 11 is 1.52. The normalized spacial score (nSPS) is 11.8. The summed E-state index contributed by atoms with van der Waals surface area (Å²) in [5.74, 6) is 0.532. The number of hydrogen-bond donors (Lipinski definition) is 1. The Hall–Kier alpha value is -4.44. The number of para-hydroxylation sites is 2. The molecule has 10 heteroatoms. The minimum Gasteiger partial charge on any atom is -0.494 e. The number of benzene rings is 2. The molecule has 1 N–H and O–H groups in total. The van der Waals surface area contributed by atoms with Crippen LogP contribution in [0.3, 0.4) is 0 Å². The van der Waals surface area contributed by atoms with Crippen molar-refractivity contribution in [3.63, 3.8) is 0 Å². The minimum atomic E-state index is -0.961. The third-order valence-corrected chi connectivity index (χ3v) is 6.88. The van der Waals surface area contributed by atoms with E-state index in [1.807, 2.05) is 73.0 Å². The van der Waals surface area contributed by atoms with Crippen LogP contribution in [0.15, 0.2) is 88.9 Å². The lowest BCUT2D eigenvalue weighted by Crippen LogP contribution is -2.44. The van der Waals surface area contributed by atoms with E-state index in [1.165, 1.54) is 11.3 Å². The monoisotopic (exact) mass is 529 g/mol. The SMILES string of the molecule is CCOc1ccccc1[C@@H](C(=O)NCc1ccco1)N(Cc1cccs1)C(=O)Cn1nnc2ccccc21. The largest absolute Gasteiger partial charge is 0.494 e. The van der Waals surface area contributed by atoms with Gasteiger partial charge in [-0.2, -0.15) is 0 Å². The summed E-state index contributed by atoms with van der Waals surface area (Å²) in [5, 5.41) is 13.3. The number of rotatable bonds is 11. The maximum atomic E-state index is 14.0. The third-order valence-electron chi connectivity index (χ3n) is 6.02. The van der Waals surface area contributed by atoms with Gasteiger partial charge in [0.2, 0.25) is 11.8 Å². The van der Waals surface area contributed by atoms with Gasteiger partial charge in [-0.3, -0.25) is 9.59 Å². The second-order valence-electron chi connectivity index (χ2n) is 8.51. The summed E-state index contributed by atoms with van der Waals surface area (Å²) < 4.78 is 12.8. The maximum Gasteiger partial charge on any atom is 0.247 e. The van der Waals surface area contributed by atoms with E-state index in [2.05, 4.69) is 15.6 Å². The number of carbonyl (C=O) groups is 2. The van der Waals surface area contributed by atoms with E-state index >= 15 is 0 Å².